The van der Waals surface area contributed by atoms with Gasteiger partial charge in [-0.1, -0.05) is 18.2 Å². The van der Waals surface area contributed by atoms with Crippen LogP contribution in [0.1, 0.15) is 32.4 Å². The lowest BCUT2D eigenvalue weighted by atomic mass is 10.1. The number of aromatic nitrogens is 3. The number of amides is 2. The average Bonchev–Trinajstić information content (AvgIpc) is 2.84. The Hall–Kier alpha value is -4.65. The van der Waals surface area contributed by atoms with Gasteiger partial charge in [0.05, 0.1) is 11.0 Å². The van der Waals surface area contributed by atoms with Crippen molar-refractivity contribution >= 4 is 45.0 Å². The number of aryl methyl sites for hydroxylation is 2. The van der Waals surface area contributed by atoms with Gasteiger partial charge in [0.25, 0.3) is 11.8 Å². The number of anilines is 2. The number of nitrogens with one attached hydrogen (secondary N) is 2. The number of carbonyl (C=O) groups excluding carboxylic acids is 2. The van der Waals surface area contributed by atoms with Gasteiger partial charge in [-0.15, -0.1) is 0 Å². The third-order valence-corrected chi connectivity index (χ3v) is 5.39. The van der Waals surface area contributed by atoms with Crippen LogP contribution in [0.5, 0.6) is 0 Å². The van der Waals surface area contributed by atoms with Crippen molar-refractivity contribution in [3.8, 4) is 0 Å². The fourth-order valence-electron chi connectivity index (χ4n) is 3.69. The second-order valence-corrected chi connectivity index (χ2v) is 8.04. The summed E-state index contributed by atoms with van der Waals surface area (Å²) < 4.78 is 0. The van der Waals surface area contributed by atoms with E-state index >= 15 is 0 Å². The zero-order chi connectivity index (χ0) is 23.7. The highest BCUT2D eigenvalue weighted by Gasteiger charge is 2.14. The molecule has 2 N–H and O–H groups in total. The second kappa shape index (κ2) is 8.71. The first-order valence-corrected chi connectivity index (χ1v) is 10.8. The van der Waals surface area contributed by atoms with Gasteiger partial charge in [0, 0.05) is 33.5 Å². The Morgan fingerprint density at radius 1 is 0.588 bits per heavy atom. The molecule has 0 radical (unpaired) electrons. The van der Waals surface area contributed by atoms with Crippen LogP contribution in [0.4, 0.5) is 11.4 Å². The van der Waals surface area contributed by atoms with Gasteiger partial charge in [0.15, 0.2) is 0 Å². The quantitative estimate of drug-likeness (QED) is 0.390. The molecular formula is C27H21N5O2. The van der Waals surface area contributed by atoms with E-state index in [1.807, 2.05) is 62.4 Å². The molecule has 5 aromatic rings. The molecule has 0 saturated heterocycles. The number of carbonyl (C=O) groups is 2. The molecule has 0 atom stereocenters. The van der Waals surface area contributed by atoms with Gasteiger partial charge in [-0.3, -0.25) is 19.6 Å². The summed E-state index contributed by atoms with van der Waals surface area (Å²) in [6, 6.07) is 23.5. The molecule has 0 bridgehead atoms. The Bertz CT molecular complexity index is 1460. The molecule has 5 rings (SSSR count). The average molecular weight is 447 g/mol. The molecule has 34 heavy (non-hydrogen) atoms. The van der Waals surface area contributed by atoms with Gasteiger partial charge in [-0.05, 0) is 74.5 Å². The molecule has 2 amide bonds. The van der Waals surface area contributed by atoms with Crippen molar-refractivity contribution in [2.75, 3.05) is 10.6 Å². The van der Waals surface area contributed by atoms with Crippen LogP contribution in [0.15, 0.2) is 78.9 Å². The van der Waals surface area contributed by atoms with Crippen molar-refractivity contribution in [2.45, 2.75) is 13.8 Å². The zero-order valence-electron chi connectivity index (χ0n) is 18.7. The summed E-state index contributed by atoms with van der Waals surface area (Å²) in [6.07, 6.45) is 0. The minimum absolute atomic E-state index is 0.146. The van der Waals surface area contributed by atoms with Crippen LogP contribution < -0.4 is 10.6 Å². The Balaban J connectivity index is 1.32. The molecule has 0 spiro atoms. The van der Waals surface area contributed by atoms with Crippen LogP contribution in [0.2, 0.25) is 0 Å². The van der Waals surface area contributed by atoms with E-state index in [0.29, 0.717) is 11.4 Å². The fraction of sp³-hybridized carbons (Fsp3) is 0.0741. The lowest BCUT2D eigenvalue weighted by Crippen LogP contribution is -2.18. The van der Waals surface area contributed by atoms with Crippen molar-refractivity contribution in [3.05, 3.63) is 102 Å². The molecule has 166 valence electrons. The van der Waals surface area contributed by atoms with Gasteiger partial charge < -0.3 is 10.6 Å². The van der Waals surface area contributed by atoms with Crippen LogP contribution in [-0.4, -0.2) is 26.8 Å². The van der Waals surface area contributed by atoms with Crippen molar-refractivity contribution in [2.24, 2.45) is 0 Å². The first kappa shape index (κ1) is 21.2. The highest BCUT2D eigenvalue weighted by atomic mass is 16.2. The summed E-state index contributed by atoms with van der Waals surface area (Å²) in [5.74, 6) is -0.803. The van der Waals surface area contributed by atoms with E-state index in [2.05, 4.69) is 25.6 Å². The van der Waals surface area contributed by atoms with Crippen molar-refractivity contribution in [1.29, 1.82) is 0 Å². The Morgan fingerprint density at radius 2 is 1.06 bits per heavy atom. The van der Waals surface area contributed by atoms with E-state index in [0.717, 1.165) is 33.2 Å². The van der Waals surface area contributed by atoms with Gasteiger partial charge in [-0.25, -0.2) is 4.98 Å². The number of fused-ring (bicyclic) bond motifs is 2. The summed E-state index contributed by atoms with van der Waals surface area (Å²) in [7, 11) is 0. The highest BCUT2D eigenvalue weighted by Crippen LogP contribution is 2.20. The molecule has 7 nitrogen and oxygen atoms in total. The number of pyridine rings is 3. The largest absolute Gasteiger partial charge is 0.321 e. The summed E-state index contributed by atoms with van der Waals surface area (Å²) in [5, 5.41) is 7.52. The molecule has 0 fully saturated rings. The van der Waals surface area contributed by atoms with E-state index in [4.69, 9.17) is 0 Å². The zero-order valence-corrected chi connectivity index (χ0v) is 18.7. The molecule has 0 aliphatic heterocycles. The molecule has 2 aromatic carbocycles. The van der Waals surface area contributed by atoms with Crippen LogP contribution in [0.3, 0.4) is 0 Å². The molecule has 0 unspecified atom stereocenters. The second-order valence-electron chi connectivity index (χ2n) is 8.04. The van der Waals surface area contributed by atoms with E-state index in [1.54, 1.807) is 30.3 Å². The first-order chi connectivity index (χ1) is 16.4. The summed E-state index contributed by atoms with van der Waals surface area (Å²) in [4.78, 5) is 38.8. The van der Waals surface area contributed by atoms with Gasteiger partial charge in [0.1, 0.15) is 11.4 Å². The van der Waals surface area contributed by atoms with E-state index < -0.39 is 11.8 Å². The normalized spacial score (nSPS) is 10.9. The Morgan fingerprint density at radius 3 is 1.53 bits per heavy atom. The molecule has 0 saturated carbocycles. The van der Waals surface area contributed by atoms with E-state index in [1.165, 1.54) is 0 Å². The van der Waals surface area contributed by atoms with E-state index in [-0.39, 0.29) is 11.4 Å². The minimum atomic E-state index is -0.402. The van der Waals surface area contributed by atoms with Gasteiger partial charge in [-0.2, -0.15) is 0 Å². The van der Waals surface area contributed by atoms with Gasteiger partial charge >= 0.3 is 0 Å². The first-order valence-electron chi connectivity index (χ1n) is 10.8. The maximum Gasteiger partial charge on any atom is 0.274 e. The third kappa shape index (κ3) is 4.45. The minimum Gasteiger partial charge on any atom is -0.321 e. The number of nitrogens with zero attached hydrogens (tertiary/aromatic N) is 3. The lowest BCUT2D eigenvalue weighted by molar-refractivity contribution is 0.101. The number of hydrogen-bond acceptors (Lipinski definition) is 5. The molecular weight excluding hydrogens is 426 g/mol. The number of rotatable bonds is 4. The smallest absolute Gasteiger partial charge is 0.274 e. The van der Waals surface area contributed by atoms with Crippen LogP contribution in [-0.2, 0) is 0 Å². The predicted molar refractivity (Wildman–Crippen MR) is 133 cm³/mol. The fourth-order valence-corrected chi connectivity index (χ4v) is 3.69. The lowest BCUT2D eigenvalue weighted by Gasteiger charge is -2.09. The van der Waals surface area contributed by atoms with E-state index in [9.17, 15) is 9.59 Å². The molecule has 3 heterocycles. The van der Waals surface area contributed by atoms with Crippen molar-refractivity contribution in [1.82, 2.24) is 15.0 Å². The summed E-state index contributed by atoms with van der Waals surface area (Å²) in [6.45, 7) is 3.87. The maximum atomic E-state index is 12.8. The molecule has 0 aliphatic rings. The monoisotopic (exact) mass is 447 g/mol. The van der Waals surface area contributed by atoms with Crippen LogP contribution >= 0.6 is 0 Å². The Labute approximate surface area is 195 Å². The molecule has 3 aromatic heterocycles. The number of hydrogen-bond donors (Lipinski definition) is 2. The topological polar surface area (TPSA) is 96.9 Å². The van der Waals surface area contributed by atoms with Crippen molar-refractivity contribution in [3.63, 3.8) is 0 Å². The summed E-state index contributed by atoms with van der Waals surface area (Å²) in [5.41, 5.74) is 5.11. The molecule has 0 aliphatic carbocycles. The highest BCUT2D eigenvalue weighted by molar-refractivity contribution is 6.07. The maximum absolute atomic E-state index is 12.8. The predicted octanol–water partition coefficient (Wildman–Crippen LogP) is 5.30. The standard InChI is InChI=1S/C27H21N5O2/c1-16-6-8-18-14-20(10-12-22(18)28-16)30-26(33)24-4-3-5-25(32-24)27(34)31-21-11-13-23-19(15-21)9-7-17(2)29-23/h3-15H,1-2H3,(H,30,33)(H,31,34). The molecule has 7 heteroatoms. The SMILES string of the molecule is Cc1ccc2cc(NC(=O)c3cccc(C(=O)Nc4ccc5nc(C)ccc5c4)n3)ccc2n1. The van der Waals surface area contributed by atoms with Crippen molar-refractivity contribution < 1.29 is 9.59 Å². The van der Waals surface area contributed by atoms with Crippen LogP contribution in [0.25, 0.3) is 21.8 Å². The number of benzene rings is 2. The Kier molecular flexibility index (Phi) is 5.43. The summed E-state index contributed by atoms with van der Waals surface area (Å²) >= 11 is 0. The third-order valence-electron chi connectivity index (χ3n) is 5.39. The van der Waals surface area contributed by atoms with Gasteiger partial charge in [0.2, 0.25) is 0 Å². The van der Waals surface area contributed by atoms with Crippen LogP contribution in [0, 0.1) is 13.8 Å².